The molecule has 1 aromatic rings. The predicted molar refractivity (Wildman–Crippen MR) is 69.4 cm³/mol. The van der Waals surface area contributed by atoms with Gasteiger partial charge in [-0.2, -0.15) is 0 Å². The van der Waals surface area contributed by atoms with Crippen LogP contribution in [0.25, 0.3) is 0 Å². The molecule has 2 heterocycles. The standard InChI is InChI=1S/C12H18ClN3O/c1-8-7-17-9(2)6-16(8)12-11(13)3-10(4-14)5-15-12/h3,5,8-9H,4,6-7,14H2,1-2H3. The number of anilines is 1. The summed E-state index contributed by atoms with van der Waals surface area (Å²) in [5, 5.41) is 0.661. The molecule has 1 saturated heterocycles. The molecule has 0 radical (unpaired) electrons. The van der Waals surface area contributed by atoms with E-state index in [0.29, 0.717) is 24.2 Å². The number of pyridine rings is 1. The molecule has 5 heteroatoms. The summed E-state index contributed by atoms with van der Waals surface area (Å²) in [7, 11) is 0. The number of hydrogen-bond acceptors (Lipinski definition) is 4. The Morgan fingerprint density at radius 2 is 2.35 bits per heavy atom. The van der Waals surface area contributed by atoms with Crippen molar-refractivity contribution >= 4 is 17.4 Å². The molecular weight excluding hydrogens is 238 g/mol. The Balaban J connectivity index is 2.26. The largest absolute Gasteiger partial charge is 0.375 e. The highest BCUT2D eigenvalue weighted by Crippen LogP contribution is 2.27. The van der Waals surface area contributed by atoms with E-state index in [9.17, 15) is 0 Å². The molecule has 1 aliphatic heterocycles. The number of ether oxygens (including phenoxy) is 1. The van der Waals surface area contributed by atoms with Gasteiger partial charge in [-0.05, 0) is 25.5 Å². The molecule has 2 atom stereocenters. The van der Waals surface area contributed by atoms with Gasteiger partial charge in [0.2, 0.25) is 0 Å². The van der Waals surface area contributed by atoms with Crippen molar-refractivity contribution in [2.75, 3.05) is 18.1 Å². The average Bonchev–Trinajstić information content (AvgIpc) is 2.32. The van der Waals surface area contributed by atoms with Crippen molar-refractivity contribution in [3.63, 3.8) is 0 Å². The van der Waals surface area contributed by atoms with Crippen LogP contribution in [0.1, 0.15) is 19.4 Å². The molecule has 0 amide bonds. The summed E-state index contributed by atoms with van der Waals surface area (Å²) in [6.45, 7) is 6.15. The zero-order chi connectivity index (χ0) is 12.4. The Bertz CT molecular complexity index is 399. The van der Waals surface area contributed by atoms with Crippen molar-refractivity contribution in [1.82, 2.24) is 4.98 Å². The van der Waals surface area contributed by atoms with Gasteiger partial charge in [-0.3, -0.25) is 0 Å². The molecule has 2 N–H and O–H groups in total. The van der Waals surface area contributed by atoms with Crippen LogP contribution in [0.15, 0.2) is 12.3 Å². The van der Waals surface area contributed by atoms with Gasteiger partial charge in [0, 0.05) is 19.3 Å². The van der Waals surface area contributed by atoms with Crippen molar-refractivity contribution in [1.29, 1.82) is 0 Å². The third-order valence-electron chi connectivity index (χ3n) is 2.99. The van der Waals surface area contributed by atoms with Crippen LogP contribution in [-0.2, 0) is 11.3 Å². The fourth-order valence-electron chi connectivity index (χ4n) is 1.99. The lowest BCUT2D eigenvalue weighted by Crippen LogP contribution is -2.47. The van der Waals surface area contributed by atoms with E-state index in [4.69, 9.17) is 22.1 Å². The van der Waals surface area contributed by atoms with Crippen molar-refractivity contribution in [2.24, 2.45) is 5.73 Å². The zero-order valence-corrected chi connectivity index (χ0v) is 10.9. The first-order valence-corrected chi connectivity index (χ1v) is 6.22. The Kier molecular flexibility index (Phi) is 3.86. The molecule has 1 aliphatic rings. The van der Waals surface area contributed by atoms with Crippen LogP contribution in [0.5, 0.6) is 0 Å². The second kappa shape index (κ2) is 5.21. The van der Waals surface area contributed by atoms with Crippen molar-refractivity contribution in [2.45, 2.75) is 32.5 Å². The average molecular weight is 256 g/mol. The minimum Gasteiger partial charge on any atom is -0.375 e. The minimum atomic E-state index is 0.207. The second-order valence-corrected chi connectivity index (χ2v) is 4.91. The first kappa shape index (κ1) is 12.6. The number of rotatable bonds is 2. The summed E-state index contributed by atoms with van der Waals surface area (Å²) >= 11 is 6.25. The van der Waals surface area contributed by atoms with E-state index < -0.39 is 0 Å². The van der Waals surface area contributed by atoms with Gasteiger partial charge < -0.3 is 15.4 Å². The molecule has 0 bridgehead atoms. The number of nitrogens with zero attached hydrogens (tertiary/aromatic N) is 2. The number of aromatic nitrogens is 1. The summed E-state index contributed by atoms with van der Waals surface area (Å²) in [6.07, 6.45) is 1.99. The van der Waals surface area contributed by atoms with Crippen LogP contribution >= 0.6 is 11.6 Å². The van der Waals surface area contributed by atoms with Gasteiger partial charge in [0.05, 0.1) is 23.8 Å². The third-order valence-corrected chi connectivity index (χ3v) is 3.27. The number of hydrogen-bond donors (Lipinski definition) is 1. The van der Waals surface area contributed by atoms with Crippen molar-refractivity contribution in [3.8, 4) is 0 Å². The van der Waals surface area contributed by atoms with E-state index in [-0.39, 0.29) is 6.10 Å². The molecule has 94 valence electrons. The molecule has 1 fully saturated rings. The van der Waals surface area contributed by atoms with Gasteiger partial charge in [-0.1, -0.05) is 11.6 Å². The van der Waals surface area contributed by atoms with E-state index in [0.717, 1.165) is 17.9 Å². The van der Waals surface area contributed by atoms with Crippen molar-refractivity contribution in [3.05, 3.63) is 22.8 Å². The summed E-state index contributed by atoms with van der Waals surface area (Å²) in [6, 6.07) is 2.18. The highest BCUT2D eigenvalue weighted by atomic mass is 35.5. The number of morpholine rings is 1. The molecule has 0 aliphatic carbocycles. The SMILES string of the molecule is CC1CN(c2ncc(CN)cc2Cl)C(C)CO1. The van der Waals surface area contributed by atoms with Crippen LogP contribution in [-0.4, -0.2) is 30.3 Å². The van der Waals surface area contributed by atoms with Gasteiger partial charge in [0.1, 0.15) is 5.82 Å². The molecule has 17 heavy (non-hydrogen) atoms. The van der Waals surface area contributed by atoms with Gasteiger partial charge in [-0.15, -0.1) is 0 Å². The summed E-state index contributed by atoms with van der Waals surface area (Å²) in [5.74, 6) is 0.825. The van der Waals surface area contributed by atoms with E-state index in [1.807, 2.05) is 6.07 Å². The Morgan fingerprint density at radius 1 is 1.59 bits per heavy atom. The number of halogens is 1. The Hall–Kier alpha value is -0.840. The van der Waals surface area contributed by atoms with E-state index in [2.05, 4.69) is 23.7 Å². The highest BCUT2D eigenvalue weighted by Gasteiger charge is 2.26. The molecule has 4 nitrogen and oxygen atoms in total. The maximum absolute atomic E-state index is 6.25. The molecule has 0 spiro atoms. The molecule has 2 unspecified atom stereocenters. The van der Waals surface area contributed by atoms with Crippen LogP contribution < -0.4 is 10.6 Å². The number of nitrogens with two attached hydrogens (primary N) is 1. The van der Waals surface area contributed by atoms with E-state index in [1.54, 1.807) is 6.20 Å². The van der Waals surface area contributed by atoms with Crippen LogP contribution in [0, 0.1) is 0 Å². The highest BCUT2D eigenvalue weighted by molar-refractivity contribution is 6.33. The normalized spacial score (nSPS) is 25.1. The van der Waals surface area contributed by atoms with Crippen LogP contribution in [0.4, 0.5) is 5.82 Å². The lowest BCUT2D eigenvalue weighted by Gasteiger charge is -2.38. The zero-order valence-electron chi connectivity index (χ0n) is 10.2. The fourth-order valence-corrected chi connectivity index (χ4v) is 2.29. The minimum absolute atomic E-state index is 0.207. The van der Waals surface area contributed by atoms with Gasteiger partial charge in [-0.25, -0.2) is 4.98 Å². The fraction of sp³-hybridized carbons (Fsp3) is 0.583. The van der Waals surface area contributed by atoms with Gasteiger partial charge in [0.15, 0.2) is 0 Å². The summed E-state index contributed by atoms with van der Waals surface area (Å²) < 4.78 is 5.59. The van der Waals surface area contributed by atoms with Crippen LogP contribution in [0.2, 0.25) is 5.02 Å². The lowest BCUT2D eigenvalue weighted by molar-refractivity contribution is 0.0340. The molecule has 2 rings (SSSR count). The predicted octanol–water partition coefficient (Wildman–Crippen LogP) is 1.81. The molecule has 0 aromatic carbocycles. The lowest BCUT2D eigenvalue weighted by atomic mass is 10.2. The van der Waals surface area contributed by atoms with E-state index >= 15 is 0 Å². The topological polar surface area (TPSA) is 51.4 Å². The first-order valence-electron chi connectivity index (χ1n) is 5.84. The van der Waals surface area contributed by atoms with Gasteiger partial charge in [0.25, 0.3) is 0 Å². The molecule has 0 saturated carbocycles. The maximum Gasteiger partial charge on any atom is 0.147 e. The molecule has 1 aromatic heterocycles. The second-order valence-electron chi connectivity index (χ2n) is 4.50. The quantitative estimate of drug-likeness (QED) is 0.876. The first-order chi connectivity index (χ1) is 8.11. The Labute approximate surface area is 107 Å². The summed E-state index contributed by atoms with van der Waals surface area (Å²) in [5.41, 5.74) is 6.52. The maximum atomic E-state index is 6.25. The van der Waals surface area contributed by atoms with Crippen LogP contribution in [0.3, 0.4) is 0 Å². The molecular formula is C12H18ClN3O. The smallest absolute Gasteiger partial charge is 0.147 e. The monoisotopic (exact) mass is 255 g/mol. The summed E-state index contributed by atoms with van der Waals surface area (Å²) in [4.78, 5) is 6.61. The third kappa shape index (κ3) is 2.70. The van der Waals surface area contributed by atoms with E-state index in [1.165, 1.54) is 0 Å². The van der Waals surface area contributed by atoms with Crippen molar-refractivity contribution < 1.29 is 4.74 Å². The Morgan fingerprint density at radius 3 is 3.00 bits per heavy atom. The van der Waals surface area contributed by atoms with Gasteiger partial charge >= 0.3 is 0 Å².